The van der Waals surface area contributed by atoms with Crippen molar-refractivity contribution in [3.05, 3.63) is 78.1 Å². The Hall–Kier alpha value is -3.54. The summed E-state index contributed by atoms with van der Waals surface area (Å²) in [5.41, 5.74) is 3.11. The first kappa shape index (κ1) is 20.2. The van der Waals surface area contributed by atoms with Crippen LogP contribution in [0.3, 0.4) is 0 Å². The number of ether oxygens (including phenoxy) is 2. The second kappa shape index (κ2) is 10.1. The molecule has 0 saturated heterocycles. The molecule has 3 aromatic rings. The maximum atomic E-state index is 12.5. The zero-order valence-corrected chi connectivity index (χ0v) is 16.6. The highest BCUT2D eigenvalue weighted by atomic mass is 16.5. The fourth-order valence-electron chi connectivity index (χ4n) is 2.80. The van der Waals surface area contributed by atoms with Crippen molar-refractivity contribution in [2.24, 2.45) is 0 Å². The van der Waals surface area contributed by atoms with E-state index in [0.717, 1.165) is 30.2 Å². The van der Waals surface area contributed by atoms with Crippen LogP contribution in [0.1, 0.15) is 23.0 Å². The molecule has 0 atom stereocenters. The summed E-state index contributed by atoms with van der Waals surface area (Å²) in [5.74, 6) is 1.36. The van der Waals surface area contributed by atoms with E-state index in [4.69, 9.17) is 9.47 Å². The summed E-state index contributed by atoms with van der Waals surface area (Å²) in [7, 11) is 1.66. The molecule has 2 N–H and O–H groups in total. The monoisotopic (exact) mass is 391 g/mol. The van der Waals surface area contributed by atoms with Gasteiger partial charge in [-0.1, -0.05) is 12.1 Å². The van der Waals surface area contributed by atoms with E-state index in [2.05, 4.69) is 15.6 Å². The third-order valence-corrected chi connectivity index (χ3v) is 4.32. The molecule has 0 aliphatic rings. The second-order valence-corrected chi connectivity index (χ2v) is 6.37. The summed E-state index contributed by atoms with van der Waals surface area (Å²) in [6, 6.07) is 18.8. The van der Waals surface area contributed by atoms with Gasteiger partial charge < -0.3 is 20.1 Å². The zero-order valence-electron chi connectivity index (χ0n) is 16.6. The highest BCUT2D eigenvalue weighted by Crippen LogP contribution is 2.17. The van der Waals surface area contributed by atoms with E-state index in [1.54, 1.807) is 31.5 Å². The van der Waals surface area contributed by atoms with Crippen LogP contribution in [0.2, 0.25) is 0 Å². The molecule has 0 aliphatic carbocycles. The number of nitrogens with one attached hydrogen (secondary N) is 2. The van der Waals surface area contributed by atoms with Gasteiger partial charge in [-0.15, -0.1) is 0 Å². The number of nitrogens with zero attached hydrogens (tertiary/aromatic N) is 1. The Labute approximate surface area is 170 Å². The van der Waals surface area contributed by atoms with E-state index in [1.807, 2.05) is 49.4 Å². The molecule has 1 amide bonds. The Morgan fingerprint density at radius 3 is 2.38 bits per heavy atom. The fraction of sp³-hybridized carbons (Fsp3) is 0.217. The molecule has 150 valence electrons. The number of methoxy groups -OCH3 is 1. The first-order valence-corrected chi connectivity index (χ1v) is 9.55. The minimum Gasteiger partial charge on any atom is -0.497 e. The Morgan fingerprint density at radius 1 is 0.966 bits per heavy atom. The van der Waals surface area contributed by atoms with Gasteiger partial charge in [0.25, 0.3) is 5.91 Å². The van der Waals surface area contributed by atoms with Crippen LogP contribution in [0.15, 0.2) is 66.9 Å². The van der Waals surface area contributed by atoms with Gasteiger partial charge in [0, 0.05) is 24.1 Å². The van der Waals surface area contributed by atoms with Crippen molar-refractivity contribution in [2.75, 3.05) is 30.9 Å². The molecule has 1 aromatic heterocycles. The molecule has 0 aliphatic heterocycles. The molecule has 6 heteroatoms. The number of hydrogen-bond donors (Lipinski definition) is 2. The lowest BCUT2D eigenvalue weighted by atomic mass is 10.1. The van der Waals surface area contributed by atoms with Crippen LogP contribution in [0.5, 0.6) is 11.5 Å². The van der Waals surface area contributed by atoms with Crippen molar-refractivity contribution < 1.29 is 14.3 Å². The van der Waals surface area contributed by atoms with Crippen molar-refractivity contribution in [1.29, 1.82) is 0 Å². The van der Waals surface area contributed by atoms with E-state index in [-0.39, 0.29) is 5.91 Å². The maximum Gasteiger partial charge on any atom is 0.274 e. The average Bonchev–Trinajstić information content (AvgIpc) is 2.76. The largest absolute Gasteiger partial charge is 0.497 e. The quantitative estimate of drug-likeness (QED) is 0.566. The topological polar surface area (TPSA) is 72.5 Å². The van der Waals surface area contributed by atoms with E-state index in [0.29, 0.717) is 18.0 Å². The molecule has 0 radical (unpaired) electrons. The Morgan fingerprint density at radius 2 is 1.69 bits per heavy atom. The molecule has 0 unspecified atom stereocenters. The van der Waals surface area contributed by atoms with Crippen molar-refractivity contribution in [3.63, 3.8) is 0 Å². The highest BCUT2D eigenvalue weighted by molar-refractivity contribution is 6.03. The number of amides is 1. The maximum absolute atomic E-state index is 12.5. The van der Waals surface area contributed by atoms with Gasteiger partial charge in [0.15, 0.2) is 0 Å². The molecule has 29 heavy (non-hydrogen) atoms. The number of benzene rings is 2. The molecule has 0 bridgehead atoms. The first-order valence-electron chi connectivity index (χ1n) is 9.55. The molecule has 6 nitrogen and oxygen atoms in total. The van der Waals surface area contributed by atoms with E-state index in [9.17, 15) is 4.79 Å². The molecular weight excluding hydrogens is 366 g/mol. The number of carbonyl (C=O) groups excluding carboxylic acids is 1. The van der Waals surface area contributed by atoms with Gasteiger partial charge in [0.05, 0.1) is 13.7 Å². The van der Waals surface area contributed by atoms with Gasteiger partial charge in [-0.05, 0) is 67.4 Å². The van der Waals surface area contributed by atoms with E-state index < -0.39 is 0 Å². The standard InChI is InChI=1S/C23H25N3O3/c1-3-29-21-10-6-18(7-11-21)26-23(27)22-16-19(13-15-25-22)24-14-12-17-4-8-20(28-2)9-5-17/h4-11,13,15-16H,3,12,14H2,1-2H3,(H,24,25)(H,26,27). The van der Waals surface area contributed by atoms with Gasteiger partial charge in [-0.25, -0.2) is 0 Å². The molecular formula is C23H25N3O3. The number of carbonyl (C=O) groups is 1. The molecule has 0 saturated carbocycles. The zero-order chi connectivity index (χ0) is 20.5. The summed E-state index contributed by atoms with van der Waals surface area (Å²) in [4.78, 5) is 16.7. The number of hydrogen-bond acceptors (Lipinski definition) is 5. The Balaban J connectivity index is 1.54. The van der Waals surface area contributed by atoms with E-state index in [1.165, 1.54) is 5.56 Å². The van der Waals surface area contributed by atoms with Gasteiger partial charge in [0.2, 0.25) is 0 Å². The smallest absolute Gasteiger partial charge is 0.274 e. The summed E-state index contributed by atoms with van der Waals surface area (Å²) in [5, 5.41) is 6.19. The normalized spacial score (nSPS) is 10.3. The Kier molecular flexibility index (Phi) is 7.05. The molecule has 3 rings (SSSR count). The summed E-state index contributed by atoms with van der Waals surface area (Å²) >= 11 is 0. The minimum absolute atomic E-state index is 0.257. The van der Waals surface area contributed by atoms with Gasteiger partial charge in [-0.3, -0.25) is 9.78 Å². The third kappa shape index (κ3) is 5.97. The summed E-state index contributed by atoms with van der Waals surface area (Å²) < 4.78 is 10.6. The number of aromatic nitrogens is 1. The highest BCUT2D eigenvalue weighted by Gasteiger charge is 2.09. The van der Waals surface area contributed by atoms with Gasteiger partial charge >= 0.3 is 0 Å². The predicted octanol–water partition coefficient (Wildman–Crippen LogP) is 4.40. The number of pyridine rings is 1. The van der Waals surface area contributed by atoms with Crippen LogP contribution >= 0.6 is 0 Å². The Bertz CT molecular complexity index is 925. The van der Waals surface area contributed by atoms with Crippen molar-refractivity contribution in [3.8, 4) is 11.5 Å². The van der Waals surface area contributed by atoms with Crippen LogP contribution in [0.25, 0.3) is 0 Å². The van der Waals surface area contributed by atoms with Crippen molar-refractivity contribution in [1.82, 2.24) is 4.98 Å². The molecule has 0 spiro atoms. The van der Waals surface area contributed by atoms with Crippen molar-refractivity contribution >= 4 is 17.3 Å². The fourth-order valence-corrected chi connectivity index (χ4v) is 2.80. The minimum atomic E-state index is -0.257. The van der Waals surface area contributed by atoms with Gasteiger partial charge in [-0.2, -0.15) is 0 Å². The average molecular weight is 391 g/mol. The molecule has 1 heterocycles. The second-order valence-electron chi connectivity index (χ2n) is 6.37. The SMILES string of the molecule is CCOc1ccc(NC(=O)c2cc(NCCc3ccc(OC)cc3)ccn2)cc1. The molecule has 2 aromatic carbocycles. The predicted molar refractivity (Wildman–Crippen MR) is 115 cm³/mol. The van der Waals surface area contributed by atoms with Crippen LogP contribution < -0.4 is 20.1 Å². The summed E-state index contributed by atoms with van der Waals surface area (Å²) in [6.45, 7) is 3.28. The lowest BCUT2D eigenvalue weighted by molar-refractivity contribution is 0.102. The first-order chi connectivity index (χ1) is 14.2. The van der Waals surface area contributed by atoms with Crippen molar-refractivity contribution in [2.45, 2.75) is 13.3 Å². The van der Waals surface area contributed by atoms with E-state index >= 15 is 0 Å². The lowest BCUT2D eigenvalue weighted by Crippen LogP contribution is -2.14. The van der Waals surface area contributed by atoms with Crippen LogP contribution in [0, 0.1) is 0 Å². The molecule has 0 fully saturated rings. The van der Waals surface area contributed by atoms with Crippen LogP contribution in [-0.2, 0) is 6.42 Å². The third-order valence-electron chi connectivity index (χ3n) is 4.32. The van der Waals surface area contributed by atoms with Crippen LogP contribution in [-0.4, -0.2) is 31.2 Å². The number of rotatable bonds is 9. The van der Waals surface area contributed by atoms with Crippen LogP contribution in [0.4, 0.5) is 11.4 Å². The lowest BCUT2D eigenvalue weighted by Gasteiger charge is -2.09. The van der Waals surface area contributed by atoms with Gasteiger partial charge in [0.1, 0.15) is 17.2 Å². The number of anilines is 2. The summed E-state index contributed by atoms with van der Waals surface area (Å²) in [6.07, 6.45) is 2.49.